The molecule has 0 radical (unpaired) electrons. The molecule has 0 amide bonds. The maximum atomic E-state index is 14.6. The number of ether oxygens (including phenoxy) is 1. The second-order valence-electron chi connectivity index (χ2n) is 10.6. The first-order valence-corrected chi connectivity index (χ1v) is 13.5. The summed E-state index contributed by atoms with van der Waals surface area (Å²) in [5.41, 5.74) is 7.08. The molecule has 3 N–H and O–H groups in total. The Bertz CT molecular complexity index is 1840. The first kappa shape index (κ1) is 26.4. The van der Waals surface area contributed by atoms with Crippen molar-refractivity contribution in [2.75, 3.05) is 32.6 Å². The Morgan fingerprint density at radius 2 is 1.88 bits per heavy atom. The maximum Gasteiger partial charge on any atom is 0.159 e. The molecule has 10 heteroatoms. The zero-order valence-electron chi connectivity index (χ0n) is 23.4. The van der Waals surface area contributed by atoms with Crippen LogP contribution in [0.15, 0.2) is 67.1 Å². The Balaban J connectivity index is 1.37. The van der Waals surface area contributed by atoms with Gasteiger partial charge in [0.25, 0.3) is 0 Å². The number of benzene rings is 2. The fourth-order valence-corrected chi connectivity index (χ4v) is 4.77. The maximum absolute atomic E-state index is 14.6. The summed E-state index contributed by atoms with van der Waals surface area (Å²) < 4.78 is 20.4. The Morgan fingerprint density at radius 3 is 2.71 bits per heavy atom. The number of aromatic amines is 2. The summed E-state index contributed by atoms with van der Waals surface area (Å²) in [6, 6.07) is 14.9. The molecule has 6 rings (SSSR count). The summed E-state index contributed by atoms with van der Waals surface area (Å²) in [7, 11) is 3.94. The van der Waals surface area contributed by atoms with E-state index in [4.69, 9.17) is 9.72 Å². The van der Waals surface area contributed by atoms with Gasteiger partial charge in [-0.05, 0) is 63.8 Å². The molecule has 2 aromatic carbocycles. The highest BCUT2D eigenvalue weighted by atomic mass is 19.1. The van der Waals surface area contributed by atoms with Crippen LogP contribution in [-0.4, -0.2) is 68.3 Å². The number of aromatic nitrogens is 6. The van der Waals surface area contributed by atoms with Gasteiger partial charge >= 0.3 is 0 Å². The second kappa shape index (κ2) is 11.0. The molecule has 0 unspecified atom stereocenters. The van der Waals surface area contributed by atoms with Gasteiger partial charge in [-0.15, -0.1) is 0 Å². The molecule has 0 saturated carbocycles. The summed E-state index contributed by atoms with van der Waals surface area (Å²) in [5.74, 6) is 0.716. The number of para-hydroxylation sites is 1. The molecule has 0 spiro atoms. The molecular weight excluding hydrogens is 519 g/mol. The number of pyridine rings is 2. The number of imidazole rings is 1. The van der Waals surface area contributed by atoms with Crippen molar-refractivity contribution >= 4 is 27.6 Å². The summed E-state index contributed by atoms with van der Waals surface area (Å²) in [4.78, 5) is 19.4. The summed E-state index contributed by atoms with van der Waals surface area (Å²) >= 11 is 0. The molecule has 6 aromatic rings. The number of nitrogens with zero attached hydrogens (tertiary/aromatic N) is 5. The quantitative estimate of drug-likeness (QED) is 0.199. The zero-order valence-corrected chi connectivity index (χ0v) is 23.4. The molecule has 0 atom stereocenters. The minimum Gasteiger partial charge on any atom is -0.492 e. The molecule has 0 aliphatic carbocycles. The fourth-order valence-electron chi connectivity index (χ4n) is 4.77. The average Bonchev–Trinajstić information content (AvgIpc) is 3.56. The summed E-state index contributed by atoms with van der Waals surface area (Å²) in [5, 5.41) is 11.9. The SMILES string of the molecule is CC(C)Nc1cncc(-c2cc3c(-c4nc5c(-c6cc(F)cc(OCCN(C)C)c6)cccc5[nH]4)n[nH]c3cn2)c1. The van der Waals surface area contributed by atoms with Gasteiger partial charge in [-0.1, -0.05) is 12.1 Å². The van der Waals surface area contributed by atoms with Crippen LogP contribution in [-0.2, 0) is 0 Å². The predicted octanol–water partition coefficient (Wildman–Crippen LogP) is 6.13. The van der Waals surface area contributed by atoms with Gasteiger partial charge in [0, 0.05) is 47.6 Å². The molecule has 0 aliphatic heterocycles. The second-order valence-corrected chi connectivity index (χ2v) is 10.6. The van der Waals surface area contributed by atoms with Gasteiger partial charge in [0.2, 0.25) is 0 Å². The Morgan fingerprint density at radius 1 is 1.00 bits per heavy atom. The van der Waals surface area contributed by atoms with Crippen molar-refractivity contribution in [3.8, 4) is 39.7 Å². The molecular formula is C31H31FN8O. The van der Waals surface area contributed by atoms with E-state index in [-0.39, 0.29) is 11.9 Å². The van der Waals surface area contributed by atoms with Crippen LogP contribution in [0.3, 0.4) is 0 Å². The van der Waals surface area contributed by atoms with E-state index in [0.29, 0.717) is 29.4 Å². The van der Waals surface area contributed by atoms with E-state index in [1.807, 2.05) is 55.4 Å². The lowest BCUT2D eigenvalue weighted by Gasteiger charge is -2.12. The largest absolute Gasteiger partial charge is 0.492 e. The first-order valence-electron chi connectivity index (χ1n) is 13.5. The van der Waals surface area contributed by atoms with Crippen molar-refractivity contribution in [1.82, 2.24) is 35.0 Å². The molecule has 41 heavy (non-hydrogen) atoms. The third-order valence-corrected chi connectivity index (χ3v) is 6.66. The molecule has 0 bridgehead atoms. The van der Waals surface area contributed by atoms with Crippen molar-refractivity contribution in [3.63, 3.8) is 0 Å². The van der Waals surface area contributed by atoms with Gasteiger partial charge in [-0.2, -0.15) is 5.10 Å². The minimum absolute atomic E-state index is 0.288. The third kappa shape index (κ3) is 5.59. The lowest BCUT2D eigenvalue weighted by atomic mass is 10.0. The van der Waals surface area contributed by atoms with E-state index in [0.717, 1.165) is 51.0 Å². The topological polar surface area (TPSA) is 108 Å². The van der Waals surface area contributed by atoms with Crippen LogP contribution in [0.25, 0.3) is 55.8 Å². The number of hydrogen-bond donors (Lipinski definition) is 3. The van der Waals surface area contributed by atoms with E-state index in [9.17, 15) is 4.39 Å². The monoisotopic (exact) mass is 550 g/mol. The summed E-state index contributed by atoms with van der Waals surface area (Å²) in [6.07, 6.45) is 5.36. The van der Waals surface area contributed by atoms with Crippen LogP contribution in [0.1, 0.15) is 13.8 Å². The number of halogens is 1. The van der Waals surface area contributed by atoms with Crippen LogP contribution >= 0.6 is 0 Å². The number of H-pyrrole nitrogens is 2. The van der Waals surface area contributed by atoms with E-state index >= 15 is 0 Å². The number of rotatable bonds is 9. The highest BCUT2D eigenvalue weighted by Gasteiger charge is 2.17. The van der Waals surface area contributed by atoms with Crippen LogP contribution in [0.2, 0.25) is 0 Å². The van der Waals surface area contributed by atoms with E-state index in [2.05, 4.69) is 44.3 Å². The normalized spacial score (nSPS) is 11.7. The predicted molar refractivity (Wildman–Crippen MR) is 160 cm³/mol. The van der Waals surface area contributed by atoms with Gasteiger partial charge in [-0.3, -0.25) is 15.1 Å². The smallest absolute Gasteiger partial charge is 0.159 e. The standard InChI is InChI=1S/C31H31FN8O/c1-18(2)35-22-11-20(15-33-16-22)27-14-25-28(17-34-27)38-39-30(25)31-36-26-7-5-6-24(29(26)37-31)19-10-21(32)13-23(12-19)41-9-8-40(3)4/h5-7,10-18,35H,8-9H2,1-4H3,(H,36,37)(H,38,39). The number of nitrogens with one attached hydrogen (secondary N) is 3. The van der Waals surface area contributed by atoms with Crippen LogP contribution in [0.4, 0.5) is 10.1 Å². The lowest BCUT2D eigenvalue weighted by molar-refractivity contribution is 0.260. The zero-order chi connectivity index (χ0) is 28.5. The first-order chi connectivity index (χ1) is 19.8. The van der Waals surface area contributed by atoms with Crippen LogP contribution in [0.5, 0.6) is 5.75 Å². The third-order valence-electron chi connectivity index (χ3n) is 6.66. The highest BCUT2D eigenvalue weighted by molar-refractivity contribution is 5.98. The Kier molecular flexibility index (Phi) is 7.07. The molecule has 208 valence electrons. The molecule has 0 saturated heterocycles. The number of likely N-dealkylation sites (N-methyl/N-ethyl adjacent to an activating group) is 1. The van der Waals surface area contributed by atoms with Crippen LogP contribution in [0, 0.1) is 5.82 Å². The van der Waals surface area contributed by atoms with Gasteiger partial charge < -0.3 is 19.9 Å². The van der Waals surface area contributed by atoms with Crippen molar-refractivity contribution in [2.45, 2.75) is 19.9 Å². The average molecular weight is 551 g/mol. The highest BCUT2D eigenvalue weighted by Crippen LogP contribution is 2.34. The number of fused-ring (bicyclic) bond motifs is 2. The molecule has 0 aliphatic rings. The van der Waals surface area contributed by atoms with E-state index in [1.54, 1.807) is 18.6 Å². The van der Waals surface area contributed by atoms with Gasteiger partial charge in [-0.25, -0.2) is 9.37 Å². The van der Waals surface area contributed by atoms with Crippen molar-refractivity contribution in [3.05, 3.63) is 72.9 Å². The van der Waals surface area contributed by atoms with Crippen molar-refractivity contribution in [1.29, 1.82) is 0 Å². The van der Waals surface area contributed by atoms with E-state index in [1.165, 1.54) is 12.1 Å². The lowest BCUT2D eigenvalue weighted by Crippen LogP contribution is -2.19. The van der Waals surface area contributed by atoms with Gasteiger partial charge in [0.1, 0.15) is 23.9 Å². The molecule has 4 aromatic heterocycles. The fraction of sp³-hybridized carbons (Fsp3) is 0.226. The summed E-state index contributed by atoms with van der Waals surface area (Å²) in [6.45, 7) is 5.36. The van der Waals surface area contributed by atoms with Gasteiger partial charge in [0.15, 0.2) is 5.82 Å². The molecule has 9 nitrogen and oxygen atoms in total. The van der Waals surface area contributed by atoms with Crippen molar-refractivity contribution in [2.24, 2.45) is 0 Å². The Labute approximate surface area is 236 Å². The minimum atomic E-state index is -0.365. The van der Waals surface area contributed by atoms with E-state index < -0.39 is 0 Å². The molecule has 4 heterocycles. The number of hydrogen-bond acceptors (Lipinski definition) is 7. The van der Waals surface area contributed by atoms with Gasteiger partial charge in [0.05, 0.1) is 34.1 Å². The number of anilines is 1. The van der Waals surface area contributed by atoms with Crippen molar-refractivity contribution < 1.29 is 9.13 Å². The Hall–Kier alpha value is -4.83. The van der Waals surface area contributed by atoms with Crippen LogP contribution < -0.4 is 10.1 Å². The molecule has 0 fully saturated rings.